The molecule has 0 aliphatic heterocycles. The third-order valence-electron chi connectivity index (χ3n) is 2.31. The van der Waals surface area contributed by atoms with Gasteiger partial charge in [0.1, 0.15) is 11.3 Å². The van der Waals surface area contributed by atoms with Crippen molar-refractivity contribution in [1.29, 1.82) is 0 Å². The highest BCUT2D eigenvalue weighted by molar-refractivity contribution is 7.17. The van der Waals surface area contributed by atoms with E-state index in [0.29, 0.717) is 5.75 Å². The predicted octanol–water partition coefficient (Wildman–Crippen LogP) is 2.92. The van der Waals surface area contributed by atoms with Crippen LogP contribution in [0, 0.1) is 6.92 Å². The summed E-state index contributed by atoms with van der Waals surface area (Å²) >= 11 is 1.59. The Bertz CT molecular complexity index is 528. The van der Waals surface area contributed by atoms with Crippen molar-refractivity contribution in [1.82, 2.24) is 0 Å². The Morgan fingerprint density at radius 1 is 1.47 bits per heavy atom. The van der Waals surface area contributed by atoms with Crippen molar-refractivity contribution in [3.63, 3.8) is 0 Å². The molecule has 1 N–H and O–H groups in total. The van der Waals surface area contributed by atoms with Gasteiger partial charge in [0, 0.05) is 10.1 Å². The van der Waals surface area contributed by atoms with E-state index in [1.807, 2.05) is 18.4 Å². The van der Waals surface area contributed by atoms with Crippen LogP contribution in [0.2, 0.25) is 0 Å². The monoisotopic (exact) mass is 222 g/mol. The number of benzene rings is 1. The van der Waals surface area contributed by atoms with Crippen LogP contribution in [-0.2, 0) is 0 Å². The van der Waals surface area contributed by atoms with Crippen LogP contribution in [0.5, 0.6) is 5.75 Å². The highest BCUT2D eigenvalue weighted by atomic mass is 32.1. The quantitative estimate of drug-likeness (QED) is 0.849. The van der Waals surface area contributed by atoms with Gasteiger partial charge in [0.25, 0.3) is 0 Å². The molecule has 0 saturated carbocycles. The average molecular weight is 222 g/mol. The second kappa shape index (κ2) is 3.55. The zero-order chi connectivity index (χ0) is 11.0. The number of fused-ring (bicyclic) bond motifs is 1. The van der Waals surface area contributed by atoms with E-state index in [2.05, 4.69) is 0 Å². The maximum absolute atomic E-state index is 11.0. The van der Waals surface area contributed by atoms with Gasteiger partial charge in [-0.05, 0) is 30.0 Å². The number of hydrogen-bond acceptors (Lipinski definition) is 3. The third kappa shape index (κ3) is 1.47. The Balaban J connectivity index is 2.85. The van der Waals surface area contributed by atoms with E-state index >= 15 is 0 Å². The molecule has 0 saturated heterocycles. The van der Waals surface area contributed by atoms with Gasteiger partial charge >= 0.3 is 5.97 Å². The highest BCUT2D eigenvalue weighted by Gasteiger charge is 2.16. The van der Waals surface area contributed by atoms with E-state index in [1.165, 1.54) is 7.11 Å². The molecule has 0 amide bonds. The lowest BCUT2D eigenvalue weighted by Gasteiger charge is -2.06. The first kappa shape index (κ1) is 9.98. The molecule has 0 spiro atoms. The van der Waals surface area contributed by atoms with E-state index in [4.69, 9.17) is 9.84 Å². The molecule has 3 nitrogen and oxygen atoms in total. The summed E-state index contributed by atoms with van der Waals surface area (Å²) < 4.78 is 6.24. The highest BCUT2D eigenvalue weighted by Crippen LogP contribution is 2.36. The molecule has 1 heterocycles. The van der Waals surface area contributed by atoms with Crippen molar-refractivity contribution >= 4 is 27.4 Å². The van der Waals surface area contributed by atoms with Crippen molar-refractivity contribution in [3.8, 4) is 5.75 Å². The van der Waals surface area contributed by atoms with Gasteiger partial charge in [-0.3, -0.25) is 0 Å². The van der Waals surface area contributed by atoms with Gasteiger partial charge in [-0.2, -0.15) is 0 Å². The lowest BCUT2D eigenvalue weighted by Crippen LogP contribution is -2.00. The van der Waals surface area contributed by atoms with Gasteiger partial charge in [0.15, 0.2) is 0 Å². The molecule has 78 valence electrons. The van der Waals surface area contributed by atoms with Crippen LogP contribution >= 0.6 is 11.3 Å². The smallest absolute Gasteiger partial charge is 0.339 e. The fraction of sp³-hybridized carbons (Fsp3) is 0.182. The minimum Gasteiger partial charge on any atom is -0.495 e. The molecule has 0 radical (unpaired) electrons. The number of carbonyl (C=O) groups is 1. The first-order valence-electron chi connectivity index (χ1n) is 4.43. The van der Waals surface area contributed by atoms with Gasteiger partial charge in [0.2, 0.25) is 0 Å². The minimum absolute atomic E-state index is 0.214. The lowest BCUT2D eigenvalue weighted by molar-refractivity contribution is 0.0693. The van der Waals surface area contributed by atoms with Crippen molar-refractivity contribution in [3.05, 3.63) is 28.6 Å². The molecule has 0 fully saturated rings. The zero-order valence-corrected chi connectivity index (χ0v) is 9.22. The second-order valence-corrected chi connectivity index (χ2v) is 4.15. The van der Waals surface area contributed by atoms with Crippen LogP contribution in [0.1, 0.15) is 15.9 Å². The first-order valence-corrected chi connectivity index (χ1v) is 5.31. The molecule has 0 bridgehead atoms. The molecule has 0 atom stereocenters. The van der Waals surface area contributed by atoms with Crippen molar-refractivity contribution in [2.75, 3.05) is 7.11 Å². The molecule has 2 rings (SSSR count). The van der Waals surface area contributed by atoms with Crippen LogP contribution in [0.3, 0.4) is 0 Å². The molecule has 0 aliphatic carbocycles. The minimum atomic E-state index is -0.959. The Labute approximate surface area is 90.9 Å². The number of methoxy groups -OCH3 is 1. The van der Waals surface area contributed by atoms with E-state index < -0.39 is 5.97 Å². The maximum atomic E-state index is 11.0. The summed E-state index contributed by atoms with van der Waals surface area (Å²) in [5, 5.41) is 11.9. The van der Waals surface area contributed by atoms with Crippen LogP contribution in [0.15, 0.2) is 17.5 Å². The van der Waals surface area contributed by atoms with E-state index in [9.17, 15) is 4.79 Å². The Morgan fingerprint density at radius 3 is 2.80 bits per heavy atom. The largest absolute Gasteiger partial charge is 0.495 e. The average Bonchev–Trinajstić information content (AvgIpc) is 2.59. The van der Waals surface area contributed by atoms with Crippen molar-refractivity contribution < 1.29 is 14.6 Å². The maximum Gasteiger partial charge on any atom is 0.339 e. The Hall–Kier alpha value is -1.55. The number of carboxylic acids is 1. The third-order valence-corrected chi connectivity index (χ3v) is 3.38. The van der Waals surface area contributed by atoms with Gasteiger partial charge in [-0.25, -0.2) is 4.79 Å². The number of aromatic carboxylic acids is 1. The van der Waals surface area contributed by atoms with Gasteiger partial charge in [-0.15, -0.1) is 11.3 Å². The predicted molar refractivity (Wildman–Crippen MR) is 60.1 cm³/mol. The fourth-order valence-corrected chi connectivity index (χ4v) is 2.57. The summed E-state index contributed by atoms with van der Waals surface area (Å²) in [6, 6.07) is 3.40. The van der Waals surface area contributed by atoms with E-state index in [0.717, 1.165) is 15.6 Å². The van der Waals surface area contributed by atoms with Crippen molar-refractivity contribution in [2.45, 2.75) is 6.92 Å². The molecular weight excluding hydrogens is 212 g/mol. The van der Waals surface area contributed by atoms with E-state index in [-0.39, 0.29) is 5.56 Å². The van der Waals surface area contributed by atoms with Crippen molar-refractivity contribution in [2.24, 2.45) is 0 Å². The lowest BCUT2D eigenvalue weighted by atomic mass is 10.1. The number of aryl methyl sites for hydroxylation is 1. The summed E-state index contributed by atoms with van der Waals surface area (Å²) in [5.41, 5.74) is 1.27. The second-order valence-electron chi connectivity index (χ2n) is 3.24. The molecule has 2 aromatic rings. The summed E-state index contributed by atoms with van der Waals surface area (Å²) in [7, 11) is 1.50. The number of ether oxygens (including phenoxy) is 1. The van der Waals surface area contributed by atoms with Crippen LogP contribution in [0.4, 0.5) is 0 Å². The number of hydrogen-bond donors (Lipinski definition) is 1. The molecule has 0 unspecified atom stereocenters. The summed E-state index contributed by atoms with van der Waals surface area (Å²) in [6.45, 7) is 1.95. The molecule has 1 aromatic carbocycles. The Kier molecular flexibility index (Phi) is 2.36. The molecule has 0 aliphatic rings. The van der Waals surface area contributed by atoms with Crippen LogP contribution in [-0.4, -0.2) is 18.2 Å². The van der Waals surface area contributed by atoms with E-state index in [1.54, 1.807) is 17.4 Å². The Morgan fingerprint density at radius 2 is 2.20 bits per heavy atom. The normalized spacial score (nSPS) is 10.5. The summed E-state index contributed by atoms with van der Waals surface area (Å²) in [6.07, 6.45) is 0. The molecular formula is C11H10O3S. The van der Waals surface area contributed by atoms with Gasteiger partial charge < -0.3 is 9.84 Å². The SMILES string of the molecule is COc1c(C(=O)O)ccc2scc(C)c12. The van der Waals surface area contributed by atoms with Gasteiger partial charge in [0.05, 0.1) is 7.11 Å². The summed E-state index contributed by atoms with van der Waals surface area (Å²) in [4.78, 5) is 11.0. The number of carboxylic acid groups (broad SMARTS) is 1. The zero-order valence-electron chi connectivity index (χ0n) is 8.40. The first-order chi connectivity index (χ1) is 7.15. The van der Waals surface area contributed by atoms with Crippen LogP contribution < -0.4 is 4.74 Å². The topological polar surface area (TPSA) is 46.5 Å². The fourth-order valence-electron chi connectivity index (χ4n) is 1.63. The summed E-state index contributed by atoms with van der Waals surface area (Å²) in [5.74, 6) is -0.502. The number of rotatable bonds is 2. The molecule has 15 heavy (non-hydrogen) atoms. The standard InChI is InChI=1S/C11H10O3S/c1-6-5-15-8-4-3-7(11(12)13)10(14-2)9(6)8/h3-5H,1-2H3,(H,12,13). The number of thiophene rings is 1. The molecule has 4 heteroatoms. The van der Waals surface area contributed by atoms with Crippen LogP contribution in [0.25, 0.3) is 10.1 Å². The van der Waals surface area contributed by atoms with Gasteiger partial charge in [-0.1, -0.05) is 0 Å². The molecule has 1 aromatic heterocycles.